The average Bonchev–Trinajstić information content (AvgIpc) is 2.94. The first-order valence-electron chi connectivity index (χ1n) is 6.44. The summed E-state index contributed by atoms with van der Waals surface area (Å²) in [6.45, 7) is 1.26. The number of carbonyl (C=O) groups is 1. The van der Waals surface area contributed by atoms with Crippen LogP contribution in [-0.4, -0.2) is 44.2 Å². The maximum atomic E-state index is 12.5. The first-order chi connectivity index (χ1) is 9.21. The van der Waals surface area contributed by atoms with Crippen molar-refractivity contribution < 1.29 is 14.3 Å². The van der Waals surface area contributed by atoms with Crippen molar-refractivity contribution in [1.29, 1.82) is 0 Å². The number of benzene rings is 1. The predicted molar refractivity (Wildman–Crippen MR) is 79.9 cm³/mol. The van der Waals surface area contributed by atoms with Crippen molar-refractivity contribution in [3.8, 4) is 11.5 Å². The van der Waals surface area contributed by atoms with Gasteiger partial charge in [0.25, 0.3) is 5.91 Å². The molecule has 0 spiro atoms. The van der Waals surface area contributed by atoms with E-state index in [-0.39, 0.29) is 24.4 Å². The Hall–Kier alpha value is -1.46. The molecule has 6 heteroatoms. The van der Waals surface area contributed by atoms with Crippen molar-refractivity contribution in [1.82, 2.24) is 4.90 Å². The highest BCUT2D eigenvalue weighted by atomic mass is 35.5. The van der Waals surface area contributed by atoms with E-state index in [0.29, 0.717) is 23.6 Å². The van der Waals surface area contributed by atoms with Gasteiger partial charge in [0.05, 0.1) is 19.8 Å². The van der Waals surface area contributed by atoms with Gasteiger partial charge >= 0.3 is 0 Å². The van der Waals surface area contributed by atoms with E-state index in [9.17, 15) is 4.79 Å². The molecule has 1 aliphatic rings. The molecule has 0 aromatic heterocycles. The van der Waals surface area contributed by atoms with Crippen molar-refractivity contribution in [3.63, 3.8) is 0 Å². The summed E-state index contributed by atoms with van der Waals surface area (Å²) in [4.78, 5) is 14.4. The molecule has 0 saturated carbocycles. The number of ether oxygens (including phenoxy) is 2. The number of amides is 1. The van der Waals surface area contributed by atoms with Crippen molar-refractivity contribution in [2.45, 2.75) is 18.9 Å². The highest BCUT2D eigenvalue weighted by Crippen LogP contribution is 2.28. The molecule has 5 nitrogen and oxygen atoms in total. The summed E-state index contributed by atoms with van der Waals surface area (Å²) in [5.74, 6) is 1.18. The monoisotopic (exact) mass is 300 g/mol. The minimum atomic E-state index is -0.0209. The Balaban J connectivity index is 0.00000200. The summed E-state index contributed by atoms with van der Waals surface area (Å²) in [5, 5.41) is 0. The summed E-state index contributed by atoms with van der Waals surface area (Å²) in [7, 11) is 3.14. The molecule has 1 unspecified atom stereocenters. The fraction of sp³-hybridized carbons (Fsp3) is 0.500. The topological polar surface area (TPSA) is 64.8 Å². The Kier molecular flexibility index (Phi) is 6.10. The van der Waals surface area contributed by atoms with Crippen LogP contribution < -0.4 is 15.2 Å². The van der Waals surface area contributed by atoms with E-state index >= 15 is 0 Å². The zero-order valence-electron chi connectivity index (χ0n) is 11.8. The SMILES string of the molecule is COc1ccc(C(=O)N2CCCC2CN)c(OC)c1.Cl. The fourth-order valence-corrected chi connectivity index (χ4v) is 2.48. The predicted octanol–water partition coefficient (Wildman–Crippen LogP) is 1.69. The molecule has 112 valence electrons. The van der Waals surface area contributed by atoms with Crippen LogP contribution in [-0.2, 0) is 0 Å². The molecule has 1 heterocycles. The summed E-state index contributed by atoms with van der Waals surface area (Å²) >= 11 is 0. The maximum Gasteiger partial charge on any atom is 0.257 e. The Morgan fingerprint density at radius 1 is 1.40 bits per heavy atom. The molecule has 20 heavy (non-hydrogen) atoms. The van der Waals surface area contributed by atoms with Gasteiger partial charge in [-0.3, -0.25) is 4.79 Å². The molecule has 1 fully saturated rings. The summed E-state index contributed by atoms with van der Waals surface area (Å²) in [5.41, 5.74) is 6.27. The zero-order chi connectivity index (χ0) is 13.8. The van der Waals surface area contributed by atoms with Crippen molar-refractivity contribution in [2.75, 3.05) is 27.3 Å². The normalized spacial score (nSPS) is 17.6. The third kappa shape index (κ3) is 3.16. The van der Waals surface area contributed by atoms with E-state index in [4.69, 9.17) is 15.2 Å². The van der Waals surface area contributed by atoms with Crippen LogP contribution in [0.2, 0.25) is 0 Å². The van der Waals surface area contributed by atoms with Crippen LogP contribution in [0.3, 0.4) is 0 Å². The van der Waals surface area contributed by atoms with Crippen LogP contribution in [0.15, 0.2) is 18.2 Å². The van der Waals surface area contributed by atoms with Gasteiger partial charge in [0.2, 0.25) is 0 Å². The lowest BCUT2D eigenvalue weighted by molar-refractivity contribution is 0.0738. The molecule has 0 bridgehead atoms. The van der Waals surface area contributed by atoms with E-state index in [1.54, 1.807) is 32.4 Å². The lowest BCUT2D eigenvalue weighted by Gasteiger charge is -2.24. The van der Waals surface area contributed by atoms with Gasteiger partial charge in [0.1, 0.15) is 11.5 Å². The van der Waals surface area contributed by atoms with Gasteiger partial charge in [-0.25, -0.2) is 0 Å². The second kappa shape index (κ2) is 7.36. The Bertz CT molecular complexity index is 468. The third-order valence-corrected chi connectivity index (χ3v) is 3.55. The Morgan fingerprint density at radius 2 is 2.15 bits per heavy atom. The number of halogens is 1. The molecule has 1 atom stereocenters. The smallest absolute Gasteiger partial charge is 0.257 e. The molecule has 1 aromatic rings. The van der Waals surface area contributed by atoms with Crippen molar-refractivity contribution >= 4 is 18.3 Å². The summed E-state index contributed by atoms with van der Waals surface area (Å²) in [6.07, 6.45) is 1.98. The number of nitrogens with zero attached hydrogens (tertiary/aromatic N) is 1. The lowest BCUT2D eigenvalue weighted by Crippen LogP contribution is -2.40. The maximum absolute atomic E-state index is 12.5. The number of hydrogen-bond acceptors (Lipinski definition) is 4. The Labute approximate surface area is 125 Å². The van der Waals surface area contributed by atoms with Crippen molar-refractivity contribution in [2.24, 2.45) is 5.73 Å². The van der Waals surface area contributed by atoms with Crippen LogP contribution in [0.25, 0.3) is 0 Å². The molecule has 1 amide bonds. The lowest BCUT2D eigenvalue weighted by atomic mass is 10.1. The first-order valence-corrected chi connectivity index (χ1v) is 6.44. The third-order valence-electron chi connectivity index (χ3n) is 3.55. The molecule has 1 aliphatic heterocycles. The fourth-order valence-electron chi connectivity index (χ4n) is 2.48. The van der Waals surface area contributed by atoms with Crippen LogP contribution >= 0.6 is 12.4 Å². The number of nitrogens with two attached hydrogens (primary N) is 1. The number of hydrogen-bond donors (Lipinski definition) is 1. The zero-order valence-corrected chi connectivity index (χ0v) is 12.6. The van der Waals surface area contributed by atoms with E-state index < -0.39 is 0 Å². The summed E-state index contributed by atoms with van der Waals surface area (Å²) < 4.78 is 10.4. The quantitative estimate of drug-likeness (QED) is 0.919. The van der Waals surface area contributed by atoms with Gasteiger partial charge in [-0.15, -0.1) is 12.4 Å². The van der Waals surface area contributed by atoms with Gasteiger partial charge in [-0.05, 0) is 25.0 Å². The molecule has 0 aliphatic carbocycles. The first kappa shape index (κ1) is 16.6. The standard InChI is InChI=1S/C14H20N2O3.ClH/c1-18-11-5-6-12(13(8-11)19-2)14(17)16-7-3-4-10(16)9-15;/h5-6,8,10H,3-4,7,9,15H2,1-2H3;1H. The van der Waals surface area contributed by atoms with Crippen LogP contribution in [0.1, 0.15) is 23.2 Å². The van der Waals surface area contributed by atoms with Crippen molar-refractivity contribution in [3.05, 3.63) is 23.8 Å². The Morgan fingerprint density at radius 3 is 2.75 bits per heavy atom. The molecular formula is C14H21ClN2O3. The van der Waals surface area contributed by atoms with Gasteiger partial charge in [-0.1, -0.05) is 0 Å². The van der Waals surface area contributed by atoms with Gasteiger partial charge in [-0.2, -0.15) is 0 Å². The second-order valence-corrected chi connectivity index (χ2v) is 4.60. The van der Waals surface area contributed by atoms with Crippen LogP contribution in [0.5, 0.6) is 11.5 Å². The molecule has 0 radical (unpaired) electrons. The number of methoxy groups -OCH3 is 2. The highest BCUT2D eigenvalue weighted by Gasteiger charge is 2.29. The van der Waals surface area contributed by atoms with Gasteiger partial charge in [0.15, 0.2) is 0 Å². The van der Waals surface area contributed by atoms with Crippen LogP contribution in [0, 0.1) is 0 Å². The molecule has 1 saturated heterocycles. The number of carbonyl (C=O) groups excluding carboxylic acids is 1. The van der Waals surface area contributed by atoms with E-state index in [1.165, 1.54) is 0 Å². The van der Waals surface area contributed by atoms with E-state index in [2.05, 4.69) is 0 Å². The van der Waals surface area contributed by atoms with Gasteiger partial charge in [0, 0.05) is 25.2 Å². The summed E-state index contributed by atoms with van der Waals surface area (Å²) in [6, 6.07) is 5.37. The highest BCUT2D eigenvalue weighted by molar-refractivity contribution is 5.97. The minimum absolute atomic E-state index is 0. The largest absolute Gasteiger partial charge is 0.497 e. The molecule has 1 aromatic carbocycles. The number of rotatable bonds is 4. The molecule has 2 rings (SSSR count). The average molecular weight is 301 g/mol. The van der Waals surface area contributed by atoms with Gasteiger partial charge < -0.3 is 20.1 Å². The minimum Gasteiger partial charge on any atom is -0.497 e. The van der Waals surface area contributed by atoms with Crippen LogP contribution in [0.4, 0.5) is 0 Å². The van der Waals surface area contributed by atoms with E-state index in [1.807, 2.05) is 4.90 Å². The molecule has 2 N–H and O–H groups in total. The second-order valence-electron chi connectivity index (χ2n) is 4.60. The molecular weight excluding hydrogens is 280 g/mol. The van der Waals surface area contributed by atoms with E-state index in [0.717, 1.165) is 19.4 Å². The number of likely N-dealkylation sites (tertiary alicyclic amines) is 1.